The molecule has 0 aromatic heterocycles. The third-order valence-electron chi connectivity index (χ3n) is 2.22. The fourth-order valence-corrected chi connectivity index (χ4v) is 2.38. The van der Waals surface area contributed by atoms with E-state index >= 15 is 0 Å². The predicted molar refractivity (Wildman–Crippen MR) is 61.2 cm³/mol. The largest absolute Gasteiger partial charge is 0.383 e. The highest BCUT2D eigenvalue weighted by molar-refractivity contribution is 6.35. The molecule has 0 radical (unpaired) electrons. The molecule has 0 bridgehead atoms. The van der Waals surface area contributed by atoms with E-state index in [4.69, 9.17) is 18.9 Å². The lowest BCUT2D eigenvalue weighted by Gasteiger charge is -2.03. The molecule has 90 valence electrons. The van der Waals surface area contributed by atoms with Gasteiger partial charge in [0.15, 0.2) is 0 Å². The second kappa shape index (κ2) is 9.29. The van der Waals surface area contributed by atoms with Gasteiger partial charge in [-0.25, -0.2) is 0 Å². The van der Waals surface area contributed by atoms with Gasteiger partial charge in [-0.1, -0.05) is 6.04 Å². The average Bonchev–Trinajstić information content (AvgIpc) is 3.05. The molecule has 0 N–H and O–H groups in total. The predicted octanol–water partition coefficient (Wildman–Crippen LogP) is -0.000500. The summed E-state index contributed by atoms with van der Waals surface area (Å²) >= 11 is 0. The van der Waals surface area contributed by atoms with Crippen molar-refractivity contribution in [1.82, 2.24) is 0 Å². The highest BCUT2D eigenvalue weighted by atomic mass is 28.2. The van der Waals surface area contributed by atoms with E-state index < -0.39 is 0 Å². The van der Waals surface area contributed by atoms with Crippen LogP contribution in [0.25, 0.3) is 0 Å². The summed E-state index contributed by atoms with van der Waals surface area (Å²) < 4.78 is 20.8. The summed E-state index contributed by atoms with van der Waals surface area (Å²) in [6, 6.07) is 1.30. The molecule has 1 fully saturated rings. The topological polar surface area (TPSA) is 40.2 Å². The summed E-state index contributed by atoms with van der Waals surface area (Å²) in [7, 11) is 1.66. The minimum absolute atomic E-state index is 0.0374. The highest BCUT2D eigenvalue weighted by Crippen LogP contribution is 2.08. The van der Waals surface area contributed by atoms with Crippen LogP contribution < -0.4 is 0 Å². The van der Waals surface area contributed by atoms with E-state index in [1.165, 1.54) is 12.5 Å². The van der Waals surface area contributed by atoms with Gasteiger partial charge < -0.3 is 18.9 Å². The molecule has 1 heterocycles. The minimum atomic E-state index is -0.0374. The van der Waals surface area contributed by atoms with E-state index in [1.54, 1.807) is 7.11 Å². The lowest BCUT2D eigenvalue weighted by Crippen LogP contribution is -2.09. The van der Waals surface area contributed by atoms with E-state index in [-0.39, 0.29) is 9.52 Å². The zero-order valence-corrected chi connectivity index (χ0v) is 11.0. The number of methoxy groups -OCH3 is 1. The van der Waals surface area contributed by atoms with E-state index in [0.717, 1.165) is 32.7 Å². The van der Waals surface area contributed by atoms with Crippen LogP contribution in [0.15, 0.2) is 0 Å². The molecular formula is C10H22O4Si. The second-order valence-electron chi connectivity index (χ2n) is 3.70. The Morgan fingerprint density at radius 1 is 1.27 bits per heavy atom. The van der Waals surface area contributed by atoms with Crippen LogP contribution in [-0.4, -0.2) is 62.0 Å². The zero-order chi connectivity index (χ0) is 10.8. The van der Waals surface area contributed by atoms with Gasteiger partial charge in [0.25, 0.3) is 0 Å². The fourth-order valence-electron chi connectivity index (χ4n) is 1.21. The summed E-state index contributed by atoms with van der Waals surface area (Å²) in [6.07, 6.45) is 2.54. The first-order valence-corrected chi connectivity index (χ1v) is 7.69. The van der Waals surface area contributed by atoms with Crippen LogP contribution >= 0.6 is 0 Å². The Morgan fingerprint density at radius 2 is 2.13 bits per heavy atom. The smallest absolute Gasteiger partial charge is 0.104 e. The molecule has 0 saturated carbocycles. The van der Waals surface area contributed by atoms with Crippen molar-refractivity contribution in [2.24, 2.45) is 0 Å². The van der Waals surface area contributed by atoms with Gasteiger partial charge in [0.1, 0.15) is 6.10 Å². The third-order valence-corrected chi connectivity index (χ3v) is 3.79. The summed E-state index contributed by atoms with van der Waals surface area (Å²) in [6.45, 7) is 4.00. The number of rotatable bonds is 11. The van der Waals surface area contributed by atoms with Gasteiger partial charge in [0, 0.05) is 19.9 Å². The summed E-state index contributed by atoms with van der Waals surface area (Å²) in [5.74, 6) is 0. The minimum Gasteiger partial charge on any atom is -0.383 e. The molecule has 0 aromatic rings. The fraction of sp³-hybridized carbons (Fsp3) is 1.00. The monoisotopic (exact) mass is 234 g/mol. The first kappa shape index (κ1) is 13.1. The molecule has 4 nitrogen and oxygen atoms in total. The summed E-state index contributed by atoms with van der Waals surface area (Å²) in [5.41, 5.74) is 0. The number of hydrogen-bond donors (Lipinski definition) is 0. The Hall–Kier alpha value is 0.0569. The van der Waals surface area contributed by atoms with Crippen molar-refractivity contribution >= 4 is 9.52 Å². The lowest BCUT2D eigenvalue weighted by atomic mass is 10.5. The zero-order valence-electron chi connectivity index (χ0n) is 9.57. The number of ether oxygens (including phenoxy) is 4. The normalized spacial score (nSPS) is 20.2. The summed E-state index contributed by atoms with van der Waals surface area (Å²) in [4.78, 5) is 0. The van der Waals surface area contributed by atoms with Crippen LogP contribution in [0.1, 0.15) is 6.42 Å². The SMILES string of the molecule is COCCOC[SiH2]CCCOCC1CO1. The molecule has 0 aromatic carbocycles. The van der Waals surface area contributed by atoms with Crippen molar-refractivity contribution in [2.75, 3.05) is 46.4 Å². The van der Waals surface area contributed by atoms with E-state index in [2.05, 4.69) is 0 Å². The van der Waals surface area contributed by atoms with Crippen LogP contribution in [-0.2, 0) is 18.9 Å². The van der Waals surface area contributed by atoms with Crippen LogP contribution in [0, 0.1) is 0 Å². The number of hydrogen-bond acceptors (Lipinski definition) is 4. The lowest BCUT2D eigenvalue weighted by molar-refractivity contribution is 0.0921. The average molecular weight is 234 g/mol. The maximum atomic E-state index is 5.44. The third kappa shape index (κ3) is 9.01. The quantitative estimate of drug-likeness (QED) is 0.287. The molecule has 1 rings (SSSR count). The molecule has 15 heavy (non-hydrogen) atoms. The van der Waals surface area contributed by atoms with Gasteiger partial charge in [0.05, 0.1) is 35.9 Å². The van der Waals surface area contributed by atoms with Crippen LogP contribution in [0.2, 0.25) is 6.04 Å². The molecule has 0 aliphatic carbocycles. The van der Waals surface area contributed by atoms with Crippen molar-refractivity contribution in [3.8, 4) is 0 Å². The Kier molecular flexibility index (Phi) is 8.13. The molecule has 1 atom stereocenters. The molecule has 5 heteroatoms. The Morgan fingerprint density at radius 3 is 2.87 bits per heavy atom. The number of epoxide rings is 1. The van der Waals surface area contributed by atoms with Gasteiger partial charge in [-0.2, -0.15) is 0 Å². The maximum Gasteiger partial charge on any atom is 0.104 e. The molecule has 1 unspecified atom stereocenters. The Bertz CT molecular complexity index is 141. The van der Waals surface area contributed by atoms with Crippen LogP contribution in [0.3, 0.4) is 0 Å². The Balaban J connectivity index is 1.62. The first-order valence-electron chi connectivity index (χ1n) is 5.69. The first-order chi connectivity index (χ1) is 7.43. The standard InChI is InChI=1S/C10H22O4Si/c1-11-4-5-13-9-15-6-2-3-12-7-10-8-14-10/h10H,2-9,15H2,1H3. The van der Waals surface area contributed by atoms with Gasteiger partial charge in [-0.05, 0) is 6.42 Å². The van der Waals surface area contributed by atoms with Crippen LogP contribution in [0.5, 0.6) is 0 Å². The van der Waals surface area contributed by atoms with E-state index in [0.29, 0.717) is 12.7 Å². The van der Waals surface area contributed by atoms with Gasteiger partial charge in [-0.3, -0.25) is 0 Å². The highest BCUT2D eigenvalue weighted by Gasteiger charge is 2.21. The molecular weight excluding hydrogens is 212 g/mol. The van der Waals surface area contributed by atoms with Crippen LogP contribution in [0.4, 0.5) is 0 Å². The molecule has 1 aliphatic rings. The molecule has 0 spiro atoms. The van der Waals surface area contributed by atoms with Crippen molar-refractivity contribution in [2.45, 2.75) is 18.6 Å². The van der Waals surface area contributed by atoms with Crippen molar-refractivity contribution in [1.29, 1.82) is 0 Å². The molecule has 1 aliphatic heterocycles. The van der Waals surface area contributed by atoms with Crippen molar-refractivity contribution in [3.63, 3.8) is 0 Å². The van der Waals surface area contributed by atoms with E-state index in [9.17, 15) is 0 Å². The van der Waals surface area contributed by atoms with Gasteiger partial charge in [0.2, 0.25) is 0 Å². The van der Waals surface area contributed by atoms with E-state index in [1.807, 2.05) is 0 Å². The van der Waals surface area contributed by atoms with Gasteiger partial charge >= 0.3 is 0 Å². The maximum absolute atomic E-state index is 5.44. The molecule has 1 saturated heterocycles. The molecule has 0 amide bonds. The summed E-state index contributed by atoms with van der Waals surface area (Å²) in [5, 5.41) is 0. The van der Waals surface area contributed by atoms with Crippen molar-refractivity contribution < 1.29 is 18.9 Å². The Labute approximate surface area is 94.0 Å². The van der Waals surface area contributed by atoms with Gasteiger partial charge in [-0.15, -0.1) is 0 Å². The second-order valence-corrected chi connectivity index (χ2v) is 5.52. The van der Waals surface area contributed by atoms with Crippen molar-refractivity contribution in [3.05, 3.63) is 0 Å².